The second kappa shape index (κ2) is 5.62. The second-order valence-corrected chi connectivity index (χ2v) is 5.83. The van der Waals surface area contributed by atoms with Crippen LogP contribution in [0.3, 0.4) is 0 Å². The highest BCUT2D eigenvalue weighted by Crippen LogP contribution is 2.27. The van der Waals surface area contributed by atoms with E-state index in [1.54, 1.807) is 11.3 Å². The maximum atomic E-state index is 3.61. The fourth-order valence-corrected chi connectivity index (χ4v) is 3.19. The molecule has 0 radical (unpaired) electrons. The first-order chi connectivity index (χ1) is 7.81. The molecular formula is C13H17NS2. The van der Waals surface area contributed by atoms with E-state index in [1.165, 1.54) is 22.4 Å². The fourth-order valence-electron chi connectivity index (χ4n) is 1.77. The van der Waals surface area contributed by atoms with Crippen molar-refractivity contribution in [1.82, 2.24) is 5.32 Å². The standard InChI is InChI=1S/C13H17NS2/c1-3-5-14-13(11-4-6-15-8-11)12-7-10(2)16-9-12/h4,6-9,13-14H,3,5H2,1-2H3. The molecule has 0 fully saturated rings. The van der Waals surface area contributed by atoms with Crippen LogP contribution in [0.15, 0.2) is 28.3 Å². The summed E-state index contributed by atoms with van der Waals surface area (Å²) in [5.41, 5.74) is 2.78. The molecule has 0 aliphatic rings. The lowest BCUT2D eigenvalue weighted by Crippen LogP contribution is -2.22. The van der Waals surface area contributed by atoms with Crippen LogP contribution < -0.4 is 5.32 Å². The van der Waals surface area contributed by atoms with E-state index in [0.717, 1.165) is 6.54 Å². The average Bonchev–Trinajstić information content (AvgIpc) is 2.91. The van der Waals surface area contributed by atoms with Crippen LogP contribution in [0, 0.1) is 6.92 Å². The molecule has 1 unspecified atom stereocenters. The minimum absolute atomic E-state index is 0.371. The number of hydrogen-bond donors (Lipinski definition) is 1. The average molecular weight is 251 g/mol. The van der Waals surface area contributed by atoms with Crippen molar-refractivity contribution in [2.45, 2.75) is 26.3 Å². The highest BCUT2D eigenvalue weighted by atomic mass is 32.1. The third-order valence-corrected chi connectivity index (χ3v) is 4.14. The van der Waals surface area contributed by atoms with E-state index >= 15 is 0 Å². The Labute approximate surface area is 105 Å². The van der Waals surface area contributed by atoms with Gasteiger partial charge in [-0.2, -0.15) is 11.3 Å². The highest BCUT2D eigenvalue weighted by molar-refractivity contribution is 7.10. The molecule has 2 heterocycles. The SMILES string of the molecule is CCCNC(c1ccsc1)c1csc(C)c1. The number of thiophene rings is 2. The molecule has 2 rings (SSSR count). The van der Waals surface area contributed by atoms with Gasteiger partial charge in [0, 0.05) is 4.88 Å². The number of nitrogens with one attached hydrogen (secondary N) is 1. The molecule has 0 saturated heterocycles. The molecule has 1 nitrogen and oxygen atoms in total. The number of rotatable bonds is 5. The summed E-state index contributed by atoms with van der Waals surface area (Å²) < 4.78 is 0. The largest absolute Gasteiger partial charge is 0.306 e. The molecule has 86 valence electrons. The van der Waals surface area contributed by atoms with Gasteiger partial charge in [0.05, 0.1) is 6.04 Å². The van der Waals surface area contributed by atoms with E-state index in [0.29, 0.717) is 6.04 Å². The zero-order valence-corrected chi connectivity index (χ0v) is 11.3. The summed E-state index contributed by atoms with van der Waals surface area (Å²) in [4.78, 5) is 1.38. The molecule has 3 heteroatoms. The van der Waals surface area contributed by atoms with Crippen LogP contribution in [0.2, 0.25) is 0 Å². The molecule has 1 atom stereocenters. The van der Waals surface area contributed by atoms with Crippen molar-refractivity contribution in [3.8, 4) is 0 Å². The summed E-state index contributed by atoms with van der Waals surface area (Å²) in [7, 11) is 0. The first-order valence-electron chi connectivity index (χ1n) is 5.61. The van der Waals surface area contributed by atoms with Crippen LogP contribution in [0.1, 0.15) is 35.4 Å². The van der Waals surface area contributed by atoms with Crippen molar-refractivity contribution in [2.75, 3.05) is 6.54 Å². The minimum Gasteiger partial charge on any atom is -0.306 e. The van der Waals surface area contributed by atoms with Gasteiger partial charge in [-0.1, -0.05) is 6.92 Å². The Morgan fingerprint density at radius 1 is 1.31 bits per heavy atom. The van der Waals surface area contributed by atoms with Crippen molar-refractivity contribution in [3.63, 3.8) is 0 Å². The predicted molar refractivity (Wildman–Crippen MR) is 73.5 cm³/mol. The highest BCUT2D eigenvalue weighted by Gasteiger charge is 2.14. The third-order valence-electron chi connectivity index (χ3n) is 2.56. The van der Waals surface area contributed by atoms with E-state index in [-0.39, 0.29) is 0 Å². The smallest absolute Gasteiger partial charge is 0.0593 e. The lowest BCUT2D eigenvalue weighted by Gasteiger charge is -2.16. The topological polar surface area (TPSA) is 12.0 Å². The van der Waals surface area contributed by atoms with Crippen LogP contribution in [0.4, 0.5) is 0 Å². The Morgan fingerprint density at radius 3 is 2.75 bits per heavy atom. The van der Waals surface area contributed by atoms with Crippen LogP contribution in [-0.2, 0) is 0 Å². The second-order valence-electron chi connectivity index (χ2n) is 3.93. The van der Waals surface area contributed by atoms with Gasteiger partial charge in [-0.25, -0.2) is 0 Å². The first kappa shape index (κ1) is 11.8. The Hall–Kier alpha value is -0.640. The van der Waals surface area contributed by atoms with Crippen LogP contribution in [0.5, 0.6) is 0 Å². The molecule has 1 N–H and O–H groups in total. The molecule has 0 aliphatic carbocycles. The molecule has 0 saturated carbocycles. The zero-order chi connectivity index (χ0) is 11.4. The van der Waals surface area contributed by atoms with Gasteiger partial charge in [0.1, 0.15) is 0 Å². The Bertz CT molecular complexity index is 417. The van der Waals surface area contributed by atoms with Crippen molar-refractivity contribution in [2.24, 2.45) is 0 Å². The molecular weight excluding hydrogens is 234 g/mol. The Balaban J connectivity index is 2.21. The van der Waals surface area contributed by atoms with Gasteiger partial charge in [-0.05, 0) is 59.3 Å². The molecule has 2 aromatic heterocycles. The molecule has 0 bridgehead atoms. The van der Waals surface area contributed by atoms with Crippen molar-refractivity contribution in [3.05, 3.63) is 44.3 Å². The van der Waals surface area contributed by atoms with Gasteiger partial charge in [-0.3, -0.25) is 0 Å². The summed E-state index contributed by atoms with van der Waals surface area (Å²) in [5, 5.41) is 10.3. The molecule has 0 amide bonds. The van der Waals surface area contributed by atoms with Crippen molar-refractivity contribution in [1.29, 1.82) is 0 Å². The number of hydrogen-bond acceptors (Lipinski definition) is 3. The maximum absolute atomic E-state index is 3.61. The third kappa shape index (κ3) is 2.73. The molecule has 2 aromatic rings. The minimum atomic E-state index is 0.371. The van der Waals surface area contributed by atoms with Gasteiger partial charge in [0.2, 0.25) is 0 Å². The van der Waals surface area contributed by atoms with E-state index in [4.69, 9.17) is 0 Å². The van der Waals surface area contributed by atoms with E-state index < -0.39 is 0 Å². The van der Waals surface area contributed by atoms with E-state index in [2.05, 4.69) is 47.4 Å². The molecule has 0 aromatic carbocycles. The zero-order valence-electron chi connectivity index (χ0n) is 9.69. The van der Waals surface area contributed by atoms with Crippen molar-refractivity contribution >= 4 is 22.7 Å². The van der Waals surface area contributed by atoms with Crippen LogP contribution in [0.25, 0.3) is 0 Å². The Kier molecular flexibility index (Phi) is 4.16. The Morgan fingerprint density at radius 2 is 2.19 bits per heavy atom. The summed E-state index contributed by atoms with van der Waals surface area (Å²) >= 11 is 3.59. The van der Waals surface area contributed by atoms with Gasteiger partial charge < -0.3 is 5.32 Å². The van der Waals surface area contributed by atoms with Crippen LogP contribution in [-0.4, -0.2) is 6.54 Å². The monoisotopic (exact) mass is 251 g/mol. The van der Waals surface area contributed by atoms with Crippen LogP contribution >= 0.6 is 22.7 Å². The summed E-state index contributed by atoms with van der Waals surface area (Å²) in [5.74, 6) is 0. The number of aryl methyl sites for hydroxylation is 1. The first-order valence-corrected chi connectivity index (χ1v) is 7.44. The van der Waals surface area contributed by atoms with Crippen molar-refractivity contribution < 1.29 is 0 Å². The maximum Gasteiger partial charge on any atom is 0.0593 e. The summed E-state index contributed by atoms with van der Waals surface area (Å²) in [6.07, 6.45) is 1.17. The van der Waals surface area contributed by atoms with E-state index in [9.17, 15) is 0 Å². The molecule has 0 spiro atoms. The van der Waals surface area contributed by atoms with Gasteiger partial charge in [0.15, 0.2) is 0 Å². The fraction of sp³-hybridized carbons (Fsp3) is 0.385. The lowest BCUT2D eigenvalue weighted by molar-refractivity contribution is 0.601. The molecule has 16 heavy (non-hydrogen) atoms. The van der Waals surface area contributed by atoms with Gasteiger partial charge in [-0.15, -0.1) is 11.3 Å². The van der Waals surface area contributed by atoms with E-state index in [1.807, 2.05) is 11.3 Å². The molecule has 0 aliphatic heterocycles. The predicted octanol–water partition coefficient (Wildman–Crippen LogP) is 4.21. The normalized spacial score (nSPS) is 12.9. The quantitative estimate of drug-likeness (QED) is 0.839. The summed E-state index contributed by atoms with van der Waals surface area (Å²) in [6, 6.07) is 4.87. The summed E-state index contributed by atoms with van der Waals surface area (Å²) in [6.45, 7) is 5.44. The van der Waals surface area contributed by atoms with Gasteiger partial charge >= 0.3 is 0 Å². The lowest BCUT2D eigenvalue weighted by atomic mass is 10.0. The van der Waals surface area contributed by atoms with Gasteiger partial charge in [0.25, 0.3) is 0 Å².